The SMILES string of the molecule is O=C(N[C@@H]1COC2CCCCC21)C1CCCC(NCC2NNC(C3CCNCN3)N2CCO)C1. The highest BCUT2D eigenvalue weighted by Gasteiger charge is 2.41. The van der Waals surface area contributed by atoms with E-state index >= 15 is 0 Å². The Kier molecular flexibility index (Phi) is 8.71. The van der Waals surface area contributed by atoms with Crippen molar-refractivity contribution in [2.45, 2.75) is 94.3 Å². The average Bonchev–Trinajstić information content (AvgIpc) is 3.48. The molecular weight excluding hydrogens is 434 g/mol. The molecule has 2 saturated carbocycles. The second-order valence-electron chi connectivity index (χ2n) is 10.9. The van der Waals surface area contributed by atoms with Gasteiger partial charge in [0.1, 0.15) is 0 Å². The highest BCUT2D eigenvalue weighted by molar-refractivity contribution is 5.79. The molecule has 194 valence electrons. The number of hydrogen-bond donors (Lipinski definition) is 7. The molecule has 3 heterocycles. The number of aliphatic hydroxyl groups is 1. The molecular formula is C24H45N7O3. The predicted octanol–water partition coefficient (Wildman–Crippen LogP) is -0.828. The summed E-state index contributed by atoms with van der Waals surface area (Å²) in [5, 5.41) is 23.6. The molecule has 5 aliphatic rings. The van der Waals surface area contributed by atoms with Crippen molar-refractivity contribution in [1.82, 2.24) is 37.0 Å². The summed E-state index contributed by atoms with van der Waals surface area (Å²) in [6, 6.07) is 0.893. The summed E-state index contributed by atoms with van der Waals surface area (Å²) >= 11 is 0. The summed E-state index contributed by atoms with van der Waals surface area (Å²) in [6.45, 7) is 4.06. The van der Waals surface area contributed by atoms with Gasteiger partial charge in [0, 0.05) is 43.7 Å². The molecule has 8 atom stereocenters. The minimum atomic E-state index is 0.0868. The number of carbonyl (C=O) groups is 1. The quantitative estimate of drug-likeness (QED) is 0.239. The van der Waals surface area contributed by atoms with Gasteiger partial charge in [-0.1, -0.05) is 19.3 Å². The Morgan fingerprint density at radius 3 is 2.85 bits per heavy atom. The first kappa shape index (κ1) is 24.8. The van der Waals surface area contributed by atoms with Crippen LogP contribution in [0.2, 0.25) is 0 Å². The number of carbonyl (C=O) groups excluding carboxylic acids is 1. The molecule has 0 aromatic carbocycles. The third kappa shape index (κ3) is 5.75. The maximum atomic E-state index is 13.1. The van der Waals surface area contributed by atoms with E-state index in [4.69, 9.17) is 4.74 Å². The normalized spacial score (nSPS) is 41.3. The van der Waals surface area contributed by atoms with Gasteiger partial charge in [-0.25, -0.2) is 10.9 Å². The average molecular weight is 480 g/mol. The van der Waals surface area contributed by atoms with E-state index in [-0.39, 0.29) is 36.8 Å². The molecule has 5 fully saturated rings. The van der Waals surface area contributed by atoms with Crippen LogP contribution in [0.4, 0.5) is 0 Å². The van der Waals surface area contributed by atoms with Crippen molar-refractivity contribution in [3.8, 4) is 0 Å². The lowest BCUT2D eigenvalue weighted by Crippen LogP contribution is -2.59. The molecule has 0 spiro atoms. The molecule has 10 nitrogen and oxygen atoms in total. The maximum Gasteiger partial charge on any atom is 0.223 e. The third-order valence-electron chi connectivity index (χ3n) is 8.75. The fraction of sp³-hybridized carbons (Fsp3) is 0.958. The molecule has 5 rings (SSSR count). The van der Waals surface area contributed by atoms with Crippen LogP contribution in [0.1, 0.15) is 57.8 Å². The van der Waals surface area contributed by atoms with E-state index in [1.807, 2.05) is 0 Å². The van der Waals surface area contributed by atoms with Crippen molar-refractivity contribution in [2.75, 3.05) is 39.5 Å². The van der Waals surface area contributed by atoms with Gasteiger partial charge in [-0.3, -0.25) is 15.0 Å². The Morgan fingerprint density at radius 1 is 1.09 bits per heavy atom. The van der Waals surface area contributed by atoms with Crippen molar-refractivity contribution in [1.29, 1.82) is 0 Å². The van der Waals surface area contributed by atoms with Gasteiger partial charge in [0.05, 0.1) is 37.7 Å². The topological polar surface area (TPSA) is 122 Å². The van der Waals surface area contributed by atoms with Gasteiger partial charge >= 0.3 is 0 Å². The molecule has 3 aliphatic heterocycles. The lowest BCUT2D eigenvalue weighted by atomic mass is 9.82. The zero-order valence-corrected chi connectivity index (χ0v) is 20.4. The molecule has 10 heteroatoms. The largest absolute Gasteiger partial charge is 0.395 e. The number of β-amino-alcohol motifs (C(OH)–C–C–N with tert-alkyl or cyclic N) is 1. The first-order valence-electron chi connectivity index (χ1n) is 13.7. The number of nitrogens with one attached hydrogen (secondary N) is 6. The molecule has 7 unspecified atom stereocenters. The number of aliphatic hydroxyl groups excluding tert-OH is 1. The van der Waals surface area contributed by atoms with Crippen molar-refractivity contribution < 1.29 is 14.6 Å². The van der Waals surface area contributed by atoms with Gasteiger partial charge in [0.15, 0.2) is 0 Å². The molecule has 0 bridgehead atoms. The summed E-state index contributed by atoms with van der Waals surface area (Å²) in [4.78, 5) is 15.4. The van der Waals surface area contributed by atoms with Crippen LogP contribution in [-0.4, -0.2) is 92.0 Å². The van der Waals surface area contributed by atoms with E-state index in [0.29, 0.717) is 37.3 Å². The monoisotopic (exact) mass is 479 g/mol. The molecule has 1 amide bonds. The Morgan fingerprint density at radius 2 is 2.00 bits per heavy atom. The summed E-state index contributed by atoms with van der Waals surface area (Å²) in [5.41, 5.74) is 6.88. The number of hydrogen-bond acceptors (Lipinski definition) is 9. The summed E-state index contributed by atoms with van der Waals surface area (Å²) in [7, 11) is 0. The second kappa shape index (κ2) is 11.9. The molecule has 0 aromatic rings. The number of amides is 1. The van der Waals surface area contributed by atoms with Gasteiger partial charge in [0.2, 0.25) is 5.91 Å². The van der Waals surface area contributed by atoms with Gasteiger partial charge in [-0.2, -0.15) is 0 Å². The molecule has 3 saturated heterocycles. The van der Waals surface area contributed by atoms with Crippen LogP contribution < -0.4 is 32.1 Å². The van der Waals surface area contributed by atoms with Crippen LogP contribution in [0.3, 0.4) is 0 Å². The highest BCUT2D eigenvalue weighted by Crippen LogP contribution is 2.35. The third-order valence-corrected chi connectivity index (χ3v) is 8.75. The van der Waals surface area contributed by atoms with Crippen LogP contribution in [0.15, 0.2) is 0 Å². The van der Waals surface area contributed by atoms with Crippen LogP contribution in [0.5, 0.6) is 0 Å². The predicted molar refractivity (Wildman–Crippen MR) is 129 cm³/mol. The minimum Gasteiger partial charge on any atom is -0.395 e. The maximum absolute atomic E-state index is 13.1. The Balaban J connectivity index is 1.09. The van der Waals surface area contributed by atoms with E-state index in [1.54, 1.807) is 0 Å². The van der Waals surface area contributed by atoms with Crippen LogP contribution in [-0.2, 0) is 9.53 Å². The van der Waals surface area contributed by atoms with Crippen molar-refractivity contribution in [3.05, 3.63) is 0 Å². The Labute approximate surface area is 203 Å². The van der Waals surface area contributed by atoms with E-state index in [1.165, 1.54) is 19.3 Å². The smallest absolute Gasteiger partial charge is 0.223 e. The first-order chi connectivity index (χ1) is 16.7. The number of rotatable bonds is 8. The van der Waals surface area contributed by atoms with E-state index in [9.17, 15) is 9.90 Å². The Bertz CT molecular complexity index is 664. The second-order valence-corrected chi connectivity index (χ2v) is 10.9. The summed E-state index contributed by atoms with van der Waals surface area (Å²) in [5.74, 6) is 0.825. The van der Waals surface area contributed by atoms with Gasteiger partial charge in [0.25, 0.3) is 0 Å². The number of hydrazine groups is 1. The molecule has 2 aliphatic carbocycles. The number of nitrogens with zero attached hydrogens (tertiary/aromatic N) is 1. The Hall–Kier alpha value is -0.850. The minimum absolute atomic E-state index is 0.0868. The zero-order valence-electron chi connectivity index (χ0n) is 20.4. The first-order valence-corrected chi connectivity index (χ1v) is 13.7. The fourth-order valence-corrected chi connectivity index (χ4v) is 6.86. The van der Waals surface area contributed by atoms with E-state index < -0.39 is 0 Å². The van der Waals surface area contributed by atoms with Crippen LogP contribution in [0.25, 0.3) is 0 Å². The van der Waals surface area contributed by atoms with Gasteiger partial charge in [-0.15, -0.1) is 0 Å². The number of fused-ring (bicyclic) bond motifs is 1. The van der Waals surface area contributed by atoms with Gasteiger partial charge in [-0.05, 0) is 45.1 Å². The molecule has 0 aromatic heterocycles. The standard InChI is InChI=1S/C24H45N7O3/c32-11-10-31-22(29-30-23(31)19-8-9-25-15-27-19)13-26-17-5-3-4-16(12-17)24(33)28-20-14-34-21-7-2-1-6-18(20)21/h16-23,25-27,29-30,32H,1-15H2,(H,28,33)/t16?,17?,18?,19?,20-,21?,22?,23?/m1/s1. The molecule has 7 N–H and O–H groups in total. The van der Waals surface area contributed by atoms with E-state index in [2.05, 4.69) is 37.0 Å². The lowest BCUT2D eigenvalue weighted by Gasteiger charge is -2.36. The zero-order chi connectivity index (χ0) is 23.3. The van der Waals surface area contributed by atoms with Crippen LogP contribution in [0, 0.1) is 11.8 Å². The fourth-order valence-electron chi connectivity index (χ4n) is 6.86. The van der Waals surface area contributed by atoms with Crippen molar-refractivity contribution in [2.24, 2.45) is 11.8 Å². The highest BCUT2D eigenvalue weighted by atomic mass is 16.5. The lowest BCUT2D eigenvalue weighted by molar-refractivity contribution is -0.127. The van der Waals surface area contributed by atoms with Crippen molar-refractivity contribution in [3.63, 3.8) is 0 Å². The van der Waals surface area contributed by atoms with E-state index in [0.717, 1.165) is 58.3 Å². The summed E-state index contributed by atoms with van der Waals surface area (Å²) < 4.78 is 5.99. The summed E-state index contributed by atoms with van der Waals surface area (Å²) in [6.07, 6.45) is 10.6. The van der Waals surface area contributed by atoms with Gasteiger partial charge < -0.3 is 25.8 Å². The molecule has 0 radical (unpaired) electrons. The van der Waals surface area contributed by atoms with Crippen LogP contribution >= 0.6 is 0 Å². The number of ether oxygens (including phenoxy) is 1. The van der Waals surface area contributed by atoms with Crippen molar-refractivity contribution >= 4 is 5.91 Å². The molecule has 34 heavy (non-hydrogen) atoms.